The Kier molecular flexibility index (Phi) is 7.14. The summed E-state index contributed by atoms with van der Waals surface area (Å²) in [7, 11) is 0. The molecule has 5 rings (SSSR count). The number of carbonyl (C=O) groups is 2. The molecule has 1 aliphatic rings. The van der Waals surface area contributed by atoms with Crippen molar-refractivity contribution in [2.75, 3.05) is 11.5 Å². The molecule has 2 N–H and O–H groups in total. The van der Waals surface area contributed by atoms with E-state index in [1.54, 1.807) is 30.3 Å². The summed E-state index contributed by atoms with van der Waals surface area (Å²) in [5.74, 6) is -0.964. The molecule has 1 aromatic heterocycles. The van der Waals surface area contributed by atoms with Crippen LogP contribution in [0.25, 0.3) is 16.0 Å². The molecule has 1 aliphatic heterocycles. The fourth-order valence-corrected chi connectivity index (χ4v) is 5.93. The van der Waals surface area contributed by atoms with Gasteiger partial charge in [0.05, 0.1) is 28.4 Å². The molecule has 0 spiro atoms. The average molecular weight is 543 g/mol. The standard InChI is InChI=1S/C31H30N2O5S/c1-5-18-7-13-23-25(15-18)39-31(32-23)33-27(19-8-11-21(34)12-9-19)26(29(36)30(33)37)28(35)20-10-14-24(38-6-2)22(16-20)17(3)4/h7-17,27,34-35H,5-6H2,1-4H3/b28-26+. The number of benzene rings is 3. The number of thiazole rings is 1. The number of hydrogen-bond donors (Lipinski definition) is 2. The highest BCUT2D eigenvalue weighted by molar-refractivity contribution is 7.22. The van der Waals surface area contributed by atoms with E-state index in [1.165, 1.54) is 28.4 Å². The first kappa shape index (κ1) is 26.4. The molecular weight excluding hydrogens is 512 g/mol. The van der Waals surface area contributed by atoms with Crippen molar-refractivity contribution < 1.29 is 24.5 Å². The molecule has 0 bridgehead atoms. The van der Waals surface area contributed by atoms with Crippen LogP contribution in [0.15, 0.2) is 66.2 Å². The molecule has 4 aromatic rings. The van der Waals surface area contributed by atoms with Gasteiger partial charge in [0.1, 0.15) is 17.3 Å². The summed E-state index contributed by atoms with van der Waals surface area (Å²) < 4.78 is 6.67. The van der Waals surface area contributed by atoms with Crippen LogP contribution in [-0.4, -0.2) is 33.5 Å². The number of ketones is 1. The lowest BCUT2D eigenvalue weighted by Crippen LogP contribution is -2.29. The maximum atomic E-state index is 13.6. The molecule has 0 saturated carbocycles. The number of hydrogen-bond acceptors (Lipinski definition) is 7. The second-order valence-corrected chi connectivity index (χ2v) is 10.8. The number of carbonyl (C=O) groups excluding carboxylic acids is 2. The largest absolute Gasteiger partial charge is 0.508 e. The number of anilines is 1. The molecule has 1 atom stereocenters. The van der Waals surface area contributed by atoms with E-state index in [4.69, 9.17) is 4.74 Å². The number of amides is 1. The second kappa shape index (κ2) is 10.5. The summed E-state index contributed by atoms with van der Waals surface area (Å²) >= 11 is 1.33. The van der Waals surface area contributed by atoms with Gasteiger partial charge in [0.25, 0.3) is 5.78 Å². The van der Waals surface area contributed by atoms with Crippen LogP contribution in [0, 0.1) is 0 Å². The molecule has 8 heteroatoms. The number of phenols is 1. The predicted octanol–water partition coefficient (Wildman–Crippen LogP) is 6.71. The summed E-state index contributed by atoms with van der Waals surface area (Å²) in [6.45, 7) is 8.52. The Balaban J connectivity index is 1.70. The zero-order chi connectivity index (χ0) is 27.8. The van der Waals surface area contributed by atoms with Crippen LogP contribution in [-0.2, 0) is 16.0 Å². The van der Waals surface area contributed by atoms with Gasteiger partial charge in [0.2, 0.25) is 0 Å². The van der Waals surface area contributed by atoms with Gasteiger partial charge in [-0.1, -0.05) is 50.3 Å². The van der Waals surface area contributed by atoms with Crippen molar-refractivity contribution in [2.45, 2.75) is 46.1 Å². The number of aliphatic hydroxyl groups is 1. The highest BCUT2D eigenvalue weighted by Crippen LogP contribution is 2.45. The third kappa shape index (κ3) is 4.76. The van der Waals surface area contributed by atoms with Crippen molar-refractivity contribution in [3.8, 4) is 11.5 Å². The van der Waals surface area contributed by atoms with Crippen LogP contribution in [0.4, 0.5) is 5.13 Å². The number of phenolic OH excluding ortho intramolecular Hbond substituents is 1. The minimum absolute atomic E-state index is 0.0296. The molecule has 1 fully saturated rings. The molecule has 0 aliphatic carbocycles. The Bertz CT molecular complexity index is 1600. The Hall–Kier alpha value is -4.17. The van der Waals surface area contributed by atoms with Crippen LogP contribution in [0.5, 0.6) is 11.5 Å². The normalized spacial score (nSPS) is 16.9. The number of aliphatic hydroxyl groups excluding tert-OH is 1. The summed E-state index contributed by atoms with van der Waals surface area (Å²) in [4.78, 5) is 33.1. The Morgan fingerprint density at radius 3 is 2.46 bits per heavy atom. The Labute approximate surface area is 231 Å². The SMILES string of the molecule is CCOc1ccc(/C(O)=C2\C(=O)C(=O)N(c3nc4ccc(CC)cc4s3)C2c2ccc(O)cc2)cc1C(C)C. The van der Waals surface area contributed by atoms with Crippen molar-refractivity contribution >= 4 is 44.1 Å². The molecule has 1 amide bonds. The van der Waals surface area contributed by atoms with Crippen LogP contribution in [0.1, 0.15) is 61.9 Å². The predicted molar refractivity (Wildman–Crippen MR) is 154 cm³/mol. The highest BCUT2D eigenvalue weighted by Gasteiger charge is 2.48. The molecule has 7 nitrogen and oxygen atoms in total. The maximum absolute atomic E-state index is 13.6. The monoisotopic (exact) mass is 542 g/mol. The van der Waals surface area contributed by atoms with Gasteiger partial charge in [0.15, 0.2) is 5.13 Å². The number of ether oxygens (including phenoxy) is 1. The first-order chi connectivity index (χ1) is 18.7. The van der Waals surface area contributed by atoms with Crippen molar-refractivity contribution in [3.63, 3.8) is 0 Å². The van der Waals surface area contributed by atoms with Gasteiger partial charge in [-0.2, -0.15) is 0 Å². The number of aromatic hydroxyl groups is 1. The minimum Gasteiger partial charge on any atom is -0.508 e. The number of rotatable bonds is 7. The van der Waals surface area contributed by atoms with Crippen molar-refractivity contribution in [1.29, 1.82) is 0 Å². The van der Waals surface area contributed by atoms with E-state index < -0.39 is 17.7 Å². The lowest BCUT2D eigenvalue weighted by Gasteiger charge is -2.23. The zero-order valence-corrected chi connectivity index (χ0v) is 23.1. The van der Waals surface area contributed by atoms with E-state index in [0.29, 0.717) is 28.6 Å². The van der Waals surface area contributed by atoms with E-state index >= 15 is 0 Å². The van der Waals surface area contributed by atoms with E-state index in [1.807, 2.05) is 39.0 Å². The molecule has 0 radical (unpaired) electrons. The second-order valence-electron chi connectivity index (χ2n) is 9.75. The molecule has 1 unspecified atom stereocenters. The van der Waals surface area contributed by atoms with E-state index in [9.17, 15) is 19.8 Å². The summed E-state index contributed by atoms with van der Waals surface area (Å²) in [6, 6.07) is 16.6. The van der Waals surface area contributed by atoms with Gasteiger partial charge in [-0.15, -0.1) is 0 Å². The van der Waals surface area contributed by atoms with Gasteiger partial charge in [-0.25, -0.2) is 4.98 Å². The van der Waals surface area contributed by atoms with E-state index in [2.05, 4.69) is 11.9 Å². The van der Waals surface area contributed by atoms with Crippen LogP contribution < -0.4 is 9.64 Å². The first-order valence-corrected chi connectivity index (χ1v) is 13.8. The maximum Gasteiger partial charge on any atom is 0.301 e. The van der Waals surface area contributed by atoms with Crippen LogP contribution in [0.3, 0.4) is 0 Å². The Morgan fingerprint density at radius 2 is 1.79 bits per heavy atom. The molecule has 3 aromatic carbocycles. The molecule has 1 saturated heterocycles. The first-order valence-electron chi connectivity index (χ1n) is 13.0. The van der Waals surface area contributed by atoms with Gasteiger partial charge in [0, 0.05) is 5.56 Å². The van der Waals surface area contributed by atoms with E-state index in [-0.39, 0.29) is 23.0 Å². The van der Waals surface area contributed by atoms with Crippen LogP contribution in [0.2, 0.25) is 0 Å². The summed E-state index contributed by atoms with van der Waals surface area (Å²) in [5, 5.41) is 21.8. The lowest BCUT2D eigenvalue weighted by atomic mass is 9.93. The molecule has 2 heterocycles. The van der Waals surface area contributed by atoms with Gasteiger partial charge < -0.3 is 14.9 Å². The van der Waals surface area contributed by atoms with Crippen molar-refractivity contribution in [3.05, 3.63) is 88.5 Å². The van der Waals surface area contributed by atoms with Gasteiger partial charge in [-0.3, -0.25) is 14.5 Å². The average Bonchev–Trinajstić information content (AvgIpc) is 3.46. The number of aryl methyl sites for hydroxylation is 1. The summed E-state index contributed by atoms with van der Waals surface area (Å²) in [5.41, 5.74) is 3.71. The number of Topliss-reactive ketones (excluding diaryl/α,β-unsaturated/α-hetero) is 1. The highest BCUT2D eigenvalue weighted by atomic mass is 32.1. The topological polar surface area (TPSA) is 100.0 Å². The van der Waals surface area contributed by atoms with Crippen molar-refractivity contribution in [2.24, 2.45) is 0 Å². The molecular formula is C31H30N2O5S. The van der Waals surface area contributed by atoms with E-state index in [0.717, 1.165) is 27.8 Å². The fraction of sp³-hybridized carbons (Fsp3) is 0.258. The number of fused-ring (bicyclic) bond motifs is 1. The lowest BCUT2D eigenvalue weighted by molar-refractivity contribution is -0.132. The Morgan fingerprint density at radius 1 is 1.05 bits per heavy atom. The van der Waals surface area contributed by atoms with Gasteiger partial charge in [-0.05, 0) is 78.4 Å². The number of nitrogens with zero attached hydrogens (tertiary/aromatic N) is 2. The fourth-order valence-electron chi connectivity index (χ4n) is 4.87. The number of aromatic nitrogens is 1. The third-order valence-corrected chi connectivity index (χ3v) is 7.93. The van der Waals surface area contributed by atoms with Crippen molar-refractivity contribution in [1.82, 2.24) is 4.98 Å². The summed E-state index contributed by atoms with van der Waals surface area (Å²) in [6.07, 6.45) is 0.863. The quantitative estimate of drug-likeness (QED) is 0.153. The smallest absolute Gasteiger partial charge is 0.301 e. The molecule has 39 heavy (non-hydrogen) atoms. The molecule has 200 valence electrons. The minimum atomic E-state index is -0.925. The zero-order valence-electron chi connectivity index (χ0n) is 22.3. The van der Waals surface area contributed by atoms with Crippen LogP contribution >= 0.6 is 11.3 Å². The van der Waals surface area contributed by atoms with Gasteiger partial charge >= 0.3 is 5.91 Å². The third-order valence-electron chi connectivity index (χ3n) is 6.91.